The molecule has 1 heterocycles. The Labute approximate surface area is 116 Å². The van der Waals surface area contributed by atoms with E-state index in [1.807, 2.05) is 0 Å². The first-order chi connectivity index (χ1) is 9.13. The minimum Gasteiger partial charge on any atom is -0.353 e. The Balaban J connectivity index is 1.49. The Morgan fingerprint density at radius 3 is 2.63 bits per heavy atom. The highest BCUT2D eigenvalue weighted by molar-refractivity contribution is 5.79. The highest BCUT2D eigenvalue weighted by Crippen LogP contribution is 2.49. The van der Waals surface area contributed by atoms with Gasteiger partial charge in [0.15, 0.2) is 0 Å². The van der Waals surface area contributed by atoms with Gasteiger partial charge in [0.05, 0.1) is 5.92 Å². The molecule has 2 saturated carbocycles. The van der Waals surface area contributed by atoms with E-state index < -0.39 is 0 Å². The lowest BCUT2D eigenvalue weighted by Crippen LogP contribution is -2.48. The molecule has 3 fully saturated rings. The van der Waals surface area contributed by atoms with Gasteiger partial charge in [-0.15, -0.1) is 0 Å². The Kier molecular flexibility index (Phi) is 3.84. The van der Waals surface area contributed by atoms with Crippen molar-refractivity contribution in [3.63, 3.8) is 0 Å². The molecule has 0 aromatic carbocycles. The summed E-state index contributed by atoms with van der Waals surface area (Å²) in [6, 6.07) is 0.953. The van der Waals surface area contributed by atoms with Crippen LogP contribution in [0.2, 0.25) is 0 Å². The second kappa shape index (κ2) is 5.43. The molecule has 0 aromatic rings. The summed E-state index contributed by atoms with van der Waals surface area (Å²) in [5.74, 6) is 3.08. The van der Waals surface area contributed by atoms with E-state index in [1.54, 1.807) is 0 Å². The predicted molar refractivity (Wildman–Crippen MR) is 76.7 cm³/mol. The monoisotopic (exact) mass is 264 g/mol. The highest BCUT2D eigenvalue weighted by Gasteiger charge is 2.42. The molecule has 0 radical (unpaired) electrons. The molecule has 2 aliphatic carbocycles. The Morgan fingerprint density at radius 1 is 1.21 bits per heavy atom. The van der Waals surface area contributed by atoms with Crippen LogP contribution in [0.25, 0.3) is 0 Å². The summed E-state index contributed by atoms with van der Waals surface area (Å²) >= 11 is 0. The summed E-state index contributed by atoms with van der Waals surface area (Å²) in [4.78, 5) is 12.3. The van der Waals surface area contributed by atoms with Gasteiger partial charge < -0.3 is 10.6 Å². The fourth-order valence-corrected chi connectivity index (χ4v) is 4.58. The Bertz CT molecular complexity index is 336. The zero-order valence-electron chi connectivity index (χ0n) is 12.3. The molecule has 108 valence electrons. The maximum atomic E-state index is 12.3. The van der Waals surface area contributed by atoms with Gasteiger partial charge in [-0.05, 0) is 63.7 Å². The van der Waals surface area contributed by atoms with E-state index in [1.165, 1.54) is 25.7 Å². The van der Waals surface area contributed by atoms with Crippen molar-refractivity contribution in [3.05, 3.63) is 0 Å². The maximum Gasteiger partial charge on any atom is 0.224 e. The van der Waals surface area contributed by atoms with E-state index in [4.69, 9.17) is 0 Å². The third-order valence-corrected chi connectivity index (χ3v) is 5.84. The number of amides is 1. The zero-order chi connectivity index (χ0) is 13.4. The van der Waals surface area contributed by atoms with Crippen molar-refractivity contribution in [2.45, 2.75) is 64.5 Å². The molecule has 1 amide bonds. The van der Waals surface area contributed by atoms with E-state index in [-0.39, 0.29) is 11.8 Å². The molecule has 2 N–H and O–H groups in total. The van der Waals surface area contributed by atoms with Crippen LogP contribution in [0.1, 0.15) is 52.4 Å². The summed E-state index contributed by atoms with van der Waals surface area (Å²) in [7, 11) is 0. The molecule has 19 heavy (non-hydrogen) atoms. The van der Waals surface area contributed by atoms with Crippen LogP contribution in [-0.2, 0) is 4.79 Å². The lowest BCUT2D eigenvalue weighted by atomic mass is 9.83. The fraction of sp³-hybridized carbons (Fsp3) is 0.938. The van der Waals surface area contributed by atoms with Gasteiger partial charge in [-0.3, -0.25) is 4.79 Å². The minimum atomic E-state index is 0.192. The summed E-state index contributed by atoms with van der Waals surface area (Å²) in [5.41, 5.74) is 0. The van der Waals surface area contributed by atoms with Crippen LogP contribution in [0.4, 0.5) is 0 Å². The van der Waals surface area contributed by atoms with Gasteiger partial charge in [0.2, 0.25) is 5.91 Å². The SMILES string of the molecule is CC1CCC(C(=O)NC(C)C2CC3CCC2C3)CN1. The molecule has 3 nitrogen and oxygen atoms in total. The highest BCUT2D eigenvalue weighted by atomic mass is 16.2. The van der Waals surface area contributed by atoms with Crippen molar-refractivity contribution >= 4 is 5.91 Å². The third kappa shape index (κ3) is 2.81. The Morgan fingerprint density at radius 2 is 2.05 bits per heavy atom. The normalized spacial score (nSPS) is 43.2. The average molecular weight is 264 g/mol. The van der Waals surface area contributed by atoms with E-state index in [2.05, 4.69) is 24.5 Å². The van der Waals surface area contributed by atoms with Crippen molar-refractivity contribution < 1.29 is 4.79 Å². The standard InChI is InChI=1S/C16H28N2O/c1-10-3-5-14(9-17-10)16(19)18-11(2)15-8-12-4-6-13(15)7-12/h10-15,17H,3-9H2,1-2H3,(H,18,19). The van der Waals surface area contributed by atoms with Crippen molar-refractivity contribution in [1.29, 1.82) is 0 Å². The van der Waals surface area contributed by atoms with Crippen molar-refractivity contribution in [3.8, 4) is 0 Å². The van der Waals surface area contributed by atoms with E-state index in [9.17, 15) is 4.79 Å². The van der Waals surface area contributed by atoms with Crippen LogP contribution in [-0.4, -0.2) is 24.5 Å². The van der Waals surface area contributed by atoms with Gasteiger partial charge >= 0.3 is 0 Å². The number of fused-ring (bicyclic) bond motifs is 2. The van der Waals surface area contributed by atoms with Crippen LogP contribution in [0.15, 0.2) is 0 Å². The van der Waals surface area contributed by atoms with Gasteiger partial charge in [0.1, 0.15) is 0 Å². The molecule has 6 unspecified atom stereocenters. The summed E-state index contributed by atoms with van der Waals surface area (Å²) in [6.07, 6.45) is 7.79. The Hall–Kier alpha value is -0.570. The lowest BCUT2D eigenvalue weighted by Gasteiger charge is -2.32. The number of carbonyl (C=O) groups is 1. The van der Waals surface area contributed by atoms with Crippen LogP contribution in [0.3, 0.4) is 0 Å². The summed E-state index contributed by atoms with van der Waals surface area (Å²) < 4.78 is 0. The molecule has 2 bridgehead atoms. The number of hydrogen-bond acceptors (Lipinski definition) is 2. The van der Waals surface area contributed by atoms with Crippen LogP contribution in [0.5, 0.6) is 0 Å². The van der Waals surface area contributed by atoms with Crippen molar-refractivity contribution in [2.24, 2.45) is 23.7 Å². The summed E-state index contributed by atoms with van der Waals surface area (Å²) in [5, 5.41) is 6.73. The zero-order valence-corrected chi connectivity index (χ0v) is 12.3. The van der Waals surface area contributed by atoms with Gasteiger partial charge in [-0.2, -0.15) is 0 Å². The summed E-state index contributed by atoms with van der Waals surface area (Å²) in [6.45, 7) is 5.28. The van der Waals surface area contributed by atoms with Crippen molar-refractivity contribution in [1.82, 2.24) is 10.6 Å². The third-order valence-electron chi connectivity index (χ3n) is 5.84. The first kappa shape index (κ1) is 13.4. The van der Waals surface area contributed by atoms with Crippen LogP contribution >= 0.6 is 0 Å². The van der Waals surface area contributed by atoms with Gasteiger partial charge in [0, 0.05) is 18.6 Å². The molecule has 0 aromatic heterocycles. The fourth-order valence-electron chi connectivity index (χ4n) is 4.58. The van der Waals surface area contributed by atoms with E-state index >= 15 is 0 Å². The van der Waals surface area contributed by atoms with E-state index in [0.717, 1.165) is 37.1 Å². The molecular formula is C16H28N2O. The van der Waals surface area contributed by atoms with Gasteiger partial charge in [-0.1, -0.05) is 6.42 Å². The lowest BCUT2D eigenvalue weighted by molar-refractivity contribution is -0.126. The second-order valence-electron chi connectivity index (χ2n) is 7.22. The molecule has 3 heteroatoms. The predicted octanol–water partition coefficient (Wildman–Crippen LogP) is 2.32. The number of rotatable bonds is 3. The number of carbonyl (C=O) groups excluding carboxylic acids is 1. The minimum absolute atomic E-state index is 0.192. The second-order valence-corrected chi connectivity index (χ2v) is 7.22. The van der Waals surface area contributed by atoms with Gasteiger partial charge in [-0.25, -0.2) is 0 Å². The molecule has 6 atom stereocenters. The van der Waals surface area contributed by atoms with Crippen LogP contribution in [0, 0.1) is 23.7 Å². The quantitative estimate of drug-likeness (QED) is 0.821. The number of hydrogen-bond donors (Lipinski definition) is 2. The average Bonchev–Trinajstić information content (AvgIpc) is 3.01. The first-order valence-corrected chi connectivity index (χ1v) is 8.17. The van der Waals surface area contributed by atoms with Gasteiger partial charge in [0.25, 0.3) is 0 Å². The molecule has 0 spiro atoms. The molecule has 3 rings (SSSR count). The first-order valence-electron chi connectivity index (χ1n) is 8.17. The smallest absolute Gasteiger partial charge is 0.224 e. The molecular weight excluding hydrogens is 236 g/mol. The van der Waals surface area contributed by atoms with Crippen molar-refractivity contribution in [2.75, 3.05) is 6.54 Å². The molecule has 1 aliphatic heterocycles. The molecule has 3 aliphatic rings. The number of piperidine rings is 1. The van der Waals surface area contributed by atoms with Crippen LogP contribution < -0.4 is 10.6 Å². The molecule has 1 saturated heterocycles. The number of nitrogens with one attached hydrogen (secondary N) is 2. The maximum absolute atomic E-state index is 12.3. The largest absolute Gasteiger partial charge is 0.353 e. The topological polar surface area (TPSA) is 41.1 Å². The van der Waals surface area contributed by atoms with E-state index in [0.29, 0.717) is 12.1 Å².